The molecule has 0 aromatic carbocycles. The van der Waals surface area contributed by atoms with E-state index in [0.717, 1.165) is 5.33 Å². The van der Waals surface area contributed by atoms with Crippen molar-refractivity contribution in [3.63, 3.8) is 0 Å². The first-order valence-electron chi connectivity index (χ1n) is 2.72. The maximum Gasteiger partial charge on any atom is 0.0120 e. The Kier molecular flexibility index (Phi) is 2.75. The van der Waals surface area contributed by atoms with Gasteiger partial charge in [0.1, 0.15) is 0 Å². The van der Waals surface area contributed by atoms with Gasteiger partial charge in [-0.3, -0.25) is 0 Å². The van der Waals surface area contributed by atoms with Crippen molar-refractivity contribution in [2.45, 2.75) is 20.8 Å². The van der Waals surface area contributed by atoms with Crippen LogP contribution in [0.2, 0.25) is 0 Å². The molecule has 0 aliphatic rings. The molecule has 0 spiro atoms. The van der Waals surface area contributed by atoms with E-state index in [9.17, 15) is 0 Å². The zero-order valence-corrected chi connectivity index (χ0v) is 7.38. The summed E-state index contributed by atoms with van der Waals surface area (Å²) in [4.78, 5) is 0. The van der Waals surface area contributed by atoms with Crippen LogP contribution in [0.15, 0.2) is 12.2 Å². The van der Waals surface area contributed by atoms with Crippen molar-refractivity contribution in [3.8, 4) is 0 Å². The zero-order chi connectivity index (χ0) is 6.78. The fraction of sp³-hybridized carbons (Fsp3) is 0.714. The number of allylic oxidation sites excluding steroid dienone is 1. The molecule has 0 aliphatic carbocycles. The molecule has 0 aromatic heterocycles. The standard InChI is InChI=1S/C7H13Br/c1-6(2)7(3,4)5-8/h1,5H2,2-4H3. The Balaban J connectivity index is 3.91. The fourth-order valence-corrected chi connectivity index (χ4v) is 0.593. The summed E-state index contributed by atoms with van der Waals surface area (Å²) in [5, 5.41) is 0.995. The van der Waals surface area contributed by atoms with Crippen LogP contribution in [0.3, 0.4) is 0 Å². The quantitative estimate of drug-likeness (QED) is 0.449. The van der Waals surface area contributed by atoms with Gasteiger partial charge in [0, 0.05) is 5.33 Å². The second kappa shape index (κ2) is 2.67. The highest BCUT2D eigenvalue weighted by Gasteiger charge is 2.15. The largest absolute Gasteiger partial charge is 0.0996 e. The Morgan fingerprint density at radius 3 is 2.00 bits per heavy atom. The first kappa shape index (κ1) is 8.22. The molecule has 0 unspecified atom stereocenters. The third kappa shape index (κ3) is 1.99. The number of hydrogen-bond donors (Lipinski definition) is 0. The second-order valence-electron chi connectivity index (χ2n) is 2.80. The lowest BCUT2D eigenvalue weighted by atomic mass is 9.89. The van der Waals surface area contributed by atoms with E-state index in [1.807, 2.05) is 0 Å². The van der Waals surface area contributed by atoms with Crippen LogP contribution in [0.1, 0.15) is 20.8 Å². The lowest BCUT2D eigenvalue weighted by molar-refractivity contribution is 0.522. The normalized spacial score (nSPS) is 11.5. The van der Waals surface area contributed by atoms with Gasteiger partial charge in [0.25, 0.3) is 0 Å². The molecule has 0 amide bonds. The summed E-state index contributed by atoms with van der Waals surface area (Å²) in [6.45, 7) is 10.3. The van der Waals surface area contributed by atoms with Crippen LogP contribution < -0.4 is 0 Å². The Labute approximate surface area is 60.1 Å². The Bertz CT molecular complexity index is 92.6. The topological polar surface area (TPSA) is 0 Å². The SMILES string of the molecule is C=C(C)C(C)(C)CBr. The van der Waals surface area contributed by atoms with Crippen LogP contribution in [0.25, 0.3) is 0 Å². The third-order valence-electron chi connectivity index (χ3n) is 1.49. The monoisotopic (exact) mass is 176 g/mol. The van der Waals surface area contributed by atoms with Gasteiger partial charge in [-0.25, -0.2) is 0 Å². The van der Waals surface area contributed by atoms with Crippen LogP contribution >= 0.6 is 15.9 Å². The van der Waals surface area contributed by atoms with Gasteiger partial charge in [-0.05, 0) is 12.3 Å². The molecule has 0 fully saturated rings. The van der Waals surface area contributed by atoms with E-state index in [2.05, 4.69) is 43.3 Å². The van der Waals surface area contributed by atoms with Crippen molar-refractivity contribution >= 4 is 15.9 Å². The maximum atomic E-state index is 3.87. The van der Waals surface area contributed by atoms with Gasteiger partial charge in [0.05, 0.1) is 0 Å². The number of halogens is 1. The van der Waals surface area contributed by atoms with Crippen molar-refractivity contribution in [2.75, 3.05) is 5.33 Å². The van der Waals surface area contributed by atoms with Gasteiger partial charge in [-0.1, -0.05) is 41.9 Å². The molecule has 0 saturated carbocycles. The molecule has 0 bridgehead atoms. The highest BCUT2D eigenvalue weighted by Crippen LogP contribution is 2.25. The third-order valence-corrected chi connectivity index (χ3v) is 2.89. The summed E-state index contributed by atoms with van der Waals surface area (Å²) in [7, 11) is 0. The molecule has 48 valence electrons. The molecule has 0 radical (unpaired) electrons. The van der Waals surface area contributed by atoms with E-state index >= 15 is 0 Å². The van der Waals surface area contributed by atoms with Crippen molar-refractivity contribution in [1.82, 2.24) is 0 Å². The number of hydrogen-bond acceptors (Lipinski definition) is 0. The highest BCUT2D eigenvalue weighted by molar-refractivity contribution is 9.09. The van der Waals surface area contributed by atoms with E-state index < -0.39 is 0 Å². The van der Waals surface area contributed by atoms with Crippen LogP contribution in [-0.4, -0.2) is 5.33 Å². The molecule has 0 atom stereocenters. The lowest BCUT2D eigenvalue weighted by Gasteiger charge is -2.20. The van der Waals surface area contributed by atoms with Gasteiger partial charge in [0.2, 0.25) is 0 Å². The van der Waals surface area contributed by atoms with Crippen molar-refractivity contribution in [3.05, 3.63) is 12.2 Å². The Morgan fingerprint density at radius 2 is 2.00 bits per heavy atom. The van der Waals surface area contributed by atoms with Gasteiger partial charge < -0.3 is 0 Å². The van der Waals surface area contributed by atoms with Crippen LogP contribution in [-0.2, 0) is 0 Å². The van der Waals surface area contributed by atoms with Crippen LogP contribution in [0.4, 0.5) is 0 Å². The summed E-state index contributed by atoms with van der Waals surface area (Å²) in [6.07, 6.45) is 0. The molecule has 1 heteroatoms. The maximum absolute atomic E-state index is 3.87. The molecule has 0 aliphatic heterocycles. The Hall–Kier alpha value is 0.220. The van der Waals surface area contributed by atoms with E-state index in [0.29, 0.717) is 0 Å². The van der Waals surface area contributed by atoms with E-state index in [-0.39, 0.29) is 5.41 Å². The highest BCUT2D eigenvalue weighted by atomic mass is 79.9. The molecular weight excluding hydrogens is 164 g/mol. The molecular formula is C7H13Br. The first-order chi connectivity index (χ1) is 3.50. The molecule has 8 heavy (non-hydrogen) atoms. The summed E-state index contributed by atoms with van der Waals surface area (Å²) < 4.78 is 0. The average molecular weight is 177 g/mol. The smallest absolute Gasteiger partial charge is 0.0120 e. The van der Waals surface area contributed by atoms with Gasteiger partial charge >= 0.3 is 0 Å². The van der Waals surface area contributed by atoms with Crippen molar-refractivity contribution in [1.29, 1.82) is 0 Å². The van der Waals surface area contributed by atoms with Gasteiger partial charge in [-0.15, -0.1) is 0 Å². The van der Waals surface area contributed by atoms with E-state index in [4.69, 9.17) is 0 Å². The van der Waals surface area contributed by atoms with Crippen molar-refractivity contribution in [2.24, 2.45) is 5.41 Å². The van der Waals surface area contributed by atoms with Gasteiger partial charge in [-0.2, -0.15) is 0 Å². The second-order valence-corrected chi connectivity index (χ2v) is 3.36. The predicted molar refractivity (Wildman–Crippen MR) is 42.4 cm³/mol. The molecule has 0 nitrogen and oxygen atoms in total. The first-order valence-corrected chi connectivity index (χ1v) is 3.85. The van der Waals surface area contributed by atoms with E-state index in [1.165, 1.54) is 5.57 Å². The summed E-state index contributed by atoms with van der Waals surface area (Å²) in [6, 6.07) is 0. The predicted octanol–water partition coefficient (Wildman–Crippen LogP) is 2.98. The fourth-order valence-electron chi connectivity index (χ4n) is 0.114. The van der Waals surface area contributed by atoms with Crippen molar-refractivity contribution < 1.29 is 0 Å². The Morgan fingerprint density at radius 1 is 1.62 bits per heavy atom. The molecule has 0 aromatic rings. The van der Waals surface area contributed by atoms with Gasteiger partial charge in [0.15, 0.2) is 0 Å². The summed E-state index contributed by atoms with van der Waals surface area (Å²) >= 11 is 3.41. The van der Waals surface area contributed by atoms with Crippen LogP contribution in [0.5, 0.6) is 0 Å². The summed E-state index contributed by atoms with van der Waals surface area (Å²) in [5.41, 5.74) is 1.49. The molecule has 0 saturated heterocycles. The minimum absolute atomic E-state index is 0.264. The number of alkyl halides is 1. The minimum atomic E-state index is 0.264. The van der Waals surface area contributed by atoms with Crippen LogP contribution in [0, 0.1) is 5.41 Å². The molecule has 0 N–H and O–H groups in total. The number of rotatable bonds is 2. The zero-order valence-electron chi connectivity index (χ0n) is 5.79. The summed E-state index contributed by atoms with van der Waals surface area (Å²) in [5.74, 6) is 0. The minimum Gasteiger partial charge on any atom is -0.0996 e. The average Bonchev–Trinajstić information content (AvgIpc) is 1.67. The van der Waals surface area contributed by atoms with E-state index in [1.54, 1.807) is 0 Å². The lowest BCUT2D eigenvalue weighted by Crippen LogP contribution is -2.13. The molecule has 0 rings (SSSR count). The molecule has 0 heterocycles.